The molecule has 5 heteroatoms. The molecule has 2 aromatic rings. The van der Waals surface area contributed by atoms with Crippen LogP contribution in [0.3, 0.4) is 0 Å². The van der Waals surface area contributed by atoms with Crippen molar-refractivity contribution in [2.24, 2.45) is 4.99 Å². The zero-order valence-corrected chi connectivity index (χ0v) is 13.4. The van der Waals surface area contributed by atoms with Gasteiger partial charge in [0.1, 0.15) is 6.17 Å². The molecule has 0 spiro atoms. The van der Waals surface area contributed by atoms with Crippen LogP contribution in [0.1, 0.15) is 13.3 Å². The molecule has 23 heavy (non-hydrogen) atoms. The molecule has 0 bridgehead atoms. The van der Waals surface area contributed by atoms with Gasteiger partial charge in [-0.05, 0) is 19.1 Å². The third-order valence-corrected chi connectivity index (χ3v) is 4.35. The zero-order chi connectivity index (χ0) is 16.4. The molecule has 1 aliphatic heterocycles. The molecule has 0 unspecified atom stereocenters. The second-order valence-corrected chi connectivity index (χ2v) is 6.07. The fraction of sp³-hybridized carbons (Fsp3) is 0.278. The summed E-state index contributed by atoms with van der Waals surface area (Å²) in [6, 6.07) is 12.0. The van der Waals surface area contributed by atoms with Gasteiger partial charge < -0.3 is 5.32 Å². The normalized spacial score (nSPS) is 21.7. The Kier molecular flexibility index (Phi) is 4.74. The van der Waals surface area contributed by atoms with Crippen molar-refractivity contribution in [3.63, 3.8) is 0 Å². The summed E-state index contributed by atoms with van der Waals surface area (Å²) in [6.45, 7) is 2.11. The number of nitrogens with one attached hydrogen (secondary N) is 1. The summed E-state index contributed by atoms with van der Waals surface area (Å²) in [5.74, 6) is -0.422. The Morgan fingerprint density at radius 2 is 1.91 bits per heavy atom. The summed E-state index contributed by atoms with van der Waals surface area (Å²) >= 11 is 6.15. The Labute approximate surface area is 139 Å². The number of nitrogens with zero attached hydrogens (tertiary/aromatic N) is 1. The molecule has 2 atom stereocenters. The van der Waals surface area contributed by atoms with E-state index in [1.54, 1.807) is 43.3 Å². The topological polar surface area (TPSA) is 24.4 Å². The first-order valence-electron chi connectivity index (χ1n) is 7.52. The molecule has 3 rings (SSSR count). The predicted molar refractivity (Wildman–Crippen MR) is 90.9 cm³/mol. The van der Waals surface area contributed by atoms with Gasteiger partial charge >= 0.3 is 0 Å². The third kappa shape index (κ3) is 3.43. The molecule has 1 fully saturated rings. The monoisotopic (exact) mass is 334 g/mol. The van der Waals surface area contributed by atoms with Gasteiger partial charge in [-0.25, -0.2) is 8.78 Å². The third-order valence-electron chi connectivity index (χ3n) is 4.02. The van der Waals surface area contributed by atoms with Crippen molar-refractivity contribution >= 4 is 23.0 Å². The van der Waals surface area contributed by atoms with Gasteiger partial charge in [0.25, 0.3) is 0 Å². The number of rotatable bonds is 3. The van der Waals surface area contributed by atoms with Crippen molar-refractivity contribution in [2.75, 3.05) is 6.54 Å². The van der Waals surface area contributed by atoms with E-state index in [1.807, 2.05) is 6.07 Å². The molecule has 0 aliphatic carbocycles. The number of hydrogen-bond acceptors (Lipinski definition) is 2. The van der Waals surface area contributed by atoms with Crippen LogP contribution >= 0.6 is 11.6 Å². The van der Waals surface area contributed by atoms with E-state index in [0.29, 0.717) is 34.8 Å². The highest BCUT2D eigenvalue weighted by Gasteiger charge is 2.25. The summed E-state index contributed by atoms with van der Waals surface area (Å²) in [5, 5.41) is 3.54. The Bertz CT molecular complexity index is 746. The Morgan fingerprint density at radius 3 is 2.61 bits per heavy atom. The predicted octanol–water partition coefficient (Wildman–Crippen LogP) is 4.94. The summed E-state index contributed by atoms with van der Waals surface area (Å²) in [7, 11) is 0. The molecule has 1 aliphatic rings. The lowest BCUT2D eigenvalue weighted by molar-refractivity contribution is 0.359. The smallest absolute Gasteiger partial charge is 0.156 e. The van der Waals surface area contributed by atoms with Gasteiger partial charge in [0.15, 0.2) is 5.82 Å². The van der Waals surface area contributed by atoms with Gasteiger partial charge in [-0.1, -0.05) is 41.9 Å². The molecule has 1 N–H and O–H groups in total. The molecule has 120 valence electrons. The van der Waals surface area contributed by atoms with E-state index >= 15 is 0 Å². The second kappa shape index (κ2) is 6.77. The summed E-state index contributed by atoms with van der Waals surface area (Å²) in [6.07, 6.45) is -0.495. The first-order chi connectivity index (χ1) is 11.1. The average Bonchev–Trinajstić information content (AvgIpc) is 2.97. The van der Waals surface area contributed by atoms with E-state index < -0.39 is 12.0 Å². The van der Waals surface area contributed by atoms with Crippen LogP contribution in [0.2, 0.25) is 5.02 Å². The first-order valence-corrected chi connectivity index (χ1v) is 7.90. The number of alkyl halides is 1. The van der Waals surface area contributed by atoms with Crippen molar-refractivity contribution in [3.05, 3.63) is 53.3 Å². The minimum absolute atomic E-state index is 0.145. The van der Waals surface area contributed by atoms with Crippen LogP contribution in [-0.2, 0) is 0 Å². The zero-order valence-electron chi connectivity index (χ0n) is 12.7. The molecule has 0 saturated carbocycles. The fourth-order valence-corrected chi connectivity index (χ4v) is 3.01. The highest BCUT2D eigenvalue weighted by atomic mass is 35.5. The first kappa shape index (κ1) is 16.1. The van der Waals surface area contributed by atoms with Crippen LogP contribution in [0.5, 0.6) is 0 Å². The quantitative estimate of drug-likeness (QED) is 0.790. The number of aliphatic imine (C=N–C) groups is 1. The maximum Gasteiger partial charge on any atom is 0.156 e. The van der Waals surface area contributed by atoms with Gasteiger partial charge in [0.05, 0.1) is 5.69 Å². The van der Waals surface area contributed by atoms with Crippen LogP contribution in [0.25, 0.3) is 11.1 Å². The minimum atomic E-state index is -0.871. The molecule has 1 heterocycles. The summed E-state index contributed by atoms with van der Waals surface area (Å²) in [5.41, 5.74) is 1.96. The maximum absolute atomic E-state index is 14.8. The van der Waals surface area contributed by atoms with E-state index in [1.165, 1.54) is 0 Å². The fourth-order valence-electron chi connectivity index (χ4n) is 2.77. The molecule has 2 nitrogen and oxygen atoms in total. The molecule has 0 aromatic heterocycles. The average molecular weight is 335 g/mol. The van der Waals surface area contributed by atoms with E-state index in [4.69, 9.17) is 11.6 Å². The van der Waals surface area contributed by atoms with Crippen molar-refractivity contribution in [1.82, 2.24) is 5.32 Å². The van der Waals surface area contributed by atoms with Gasteiger partial charge in [0.2, 0.25) is 0 Å². The van der Waals surface area contributed by atoms with Crippen LogP contribution in [0, 0.1) is 5.82 Å². The lowest BCUT2D eigenvalue weighted by Gasteiger charge is -2.11. The standard InChI is InChI=1S/C18H17ClF2N2/c1-11(17-9-12(20)10-22-17)23-16-8-4-6-14(18(16)21)13-5-2-3-7-15(13)19/h2-8,12,17,22H,9-10H2,1H3/t12-,17+/m1/s1. The van der Waals surface area contributed by atoms with Gasteiger partial charge in [0, 0.05) is 40.9 Å². The highest BCUT2D eigenvalue weighted by molar-refractivity contribution is 6.33. The SMILES string of the molecule is CC(=Nc1cccc(-c2ccccc2Cl)c1F)[C@@H]1C[C@@H](F)CN1. The van der Waals surface area contributed by atoms with Gasteiger partial charge in [-0.15, -0.1) is 0 Å². The largest absolute Gasteiger partial charge is 0.306 e. The van der Waals surface area contributed by atoms with E-state index in [-0.39, 0.29) is 11.7 Å². The molecular weight excluding hydrogens is 318 g/mol. The van der Waals surface area contributed by atoms with Crippen LogP contribution in [-0.4, -0.2) is 24.5 Å². The Morgan fingerprint density at radius 1 is 1.17 bits per heavy atom. The summed E-state index contributed by atoms with van der Waals surface area (Å²) in [4.78, 5) is 4.36. The van der Waals surface area contributed by atoms with Crippen molar-refractivity contribution in [1.29, 1.82) is 0 Å². The minimum Gasteiger partial charge on any atom is -0.306 e. The van der Waals surface area contributed by atoms with Gasteiger partial charge in [-0.2, -0.15) is 0 Å². The maximum atomic E-state index is 14.8. The van der Waals surface area contributed by atoms with E-state index in [2.05, 4.69) is 10.3 Å². The van der Waals surface area contributed by atoms with E-state index in [0.717, 1.165) is 0 Å². The van der Waals surface area contributed by atoms with Crippen molar-refractivity contribution < 1.29 is 8.78 Å². The molecule has 0 amide bonds. The molecular formula is C18H17ClF2N2. The molecule has 2 aromatic carbocycles. The van der Waals surface area contributed by atoms with Crippen LogP contribution in [0.15, 0.2) is 47.5 Å². The van der Waals surface area contributed by atoms with Crippen molar-refractivity contribution in [2.45, 2.75) is 25.6 Å². The second-order valence-electron chi connectivity index (χ2n) is 5.67. The highest BCUT2D eigenvalue weighted by Crippen LogP contribution is 2.33. The Balaban J connectivity index is 1.96. The van der Waals surface area contributed by atoms with Gasteiger partial charge in [-0.3, -0.25) is 4.99 Å². The lowest BCUT2D eigenvalue weighted by Crippen LogP contribution is -2.28. The lowest BCUT2D eigenvalue weighted by atomic mass is 10.0. The van der Waals surface area contributed by atoms with E-state index in [9.17, 15) is 8.78 Å². The number of benzene rings is 2. The Hall–Kier alpha value is -1.78. The molecule has 0 radical (unpaired) electrons. The number of hydrogen-bond donors (Lipinski definition) is 1. The van der Waals surface area contributed by atoms with Crippen LogP contribution in [0.4, 0.5) is 14.5 Å². The van der Waals surface area contributed by atoms with Crippen molar-refractivity contribution in [3.8, 4) is 11.1 Å². The number of halogens is 3. The molecule has 1 saturated heterocycles. The van der Waals surface area contributed by atoms with Crippen LogP contribution < -0.4 is 5.32 Å². The summed E-state index contributed by atoms with van der Waals surface area (Å²) < 4.78 is 28.1.